The Morgan fingerprint density at radius 2 is 1.87 bits per heavy atom. The molecule has 0 bridgehead atoms. The van der Waals surface area contributed by atoms with Gasteiger partial charge in [-0.15, -0.1) is 10.2 Å². The van der Waals surface area contributed by atoms with Crippen LogP contribution in [0.1, 0.15) is 5.56 Å². The van der Waals surface area contributed by atoms with Crippen LogP contribution in [0.4, 0.5) is 0 Å². The first-order valence-corrected chi connectivity index (χ1v) is 12.3. The van der Waals surface area contributed by atoms with Crippen LogP contribution in [0.5, 0.6) is 5.75 Å². The quantitative estimate of drug-likeness (QED) is 0.373. The molecule has 1 saturated heterocycles. The second-order valence-corrected chi connectivity index (χ2v) is 9.91. The number of morpholine rings is 1. The summed E-state index contributed by atoms with van der Waals surface area (Å²) in [6, 6.07) is 14.4. The SMILES string of the molecule is Cc1ccc(OCCSc2nnc(-c3cccc(S(=O)(=O)N4CCOCC4)c3)o2)cc1. The first-order chi connectivity index (χ1) is 15.0. The van der Waals surface area contributed by atoms with Crippen molar-refractivity contribution in [3.8, 4) is 17.2 Å². The van der Waals surface area contributed by atoms with Gasteiger partial charge in [-0.3, -0.25) is 0 Å². The van der Waals surface area contributed by atoms with Crippen LogP contribution in [0.2, 0.25) is 0 Å². The molecule has 1 aliphatic rings. The molecule has 2 aromatic carbocycles. The van der Waals surface area contributed by atoms with Crippen molar-refractivity contribution in [2.24, 2.45) is 0 Å². The van der Waals surface area contributed by atoms with Gasteiger partial charge in [0.25, 0.3) is 5.22 Å². The van der Waals surface area contributed by atoms with Crippen molar-refractivity contribution in [3.63, 3.8) is 0 Å². The molecule has 8 nitrogen and oxygen atoms in total. The highest BCUT2D eigenvalue weighted by molar-refractivity contribution is 7.99. The molecule has 10 heteroatoms. The van der Waals surface area contributed by atoms with Gasteiger partial charge in [-0.2, -0.15) is 4.31 Å². The molecule has 1 aromatic heterocycles. The third kappa shape index (κ3) is 5.45. The minimum absolute atomic E-state index is 0.200. The Bertz CT molecular complexity index is 1110. The zero-order valence-electron chi connectivity index (χ0n) is 17.1. The summed E-state index contributed by atoms with van der Waals surface area (Å²) in [6.07, 6.45) is 0. The molecule has 3 aromatic rings. The Hall–Kier alpha value is -2.40. The second kappa shape index (κ2) is 9.82. The van der Waals surface area contributed by atoms with Gasteiger partial charge in [-0.05, 0) is 37.3 Å². The van der Waals surface area contributed by atoms with Gasteiger partial charge in [-0.25, -0.2) is 8.42 Å². The van der Waals surface area contributed by atoms with Gasteiger partial charge < -0.3 is 13.9 Å². The number of ether oxygens (including phenoxy) is 2. The highest BCUT2D eigenvalue weighted by Crippen LogP contribution is 2.26. The summed E-state index contributed by atoms with van der Waals surface area (Å²) < 4.78 is 43.8. The maximum absolute atomic E-state index is 12.9. The first-order valence-electron chi connectivity index (χ1n) is 9.86. The standard InChI is InChI=1S/C21H23N3O5S2/c1-16-5-7-18(8-6-16)28-13-14-30-21-23-22-20(29-21)17-3-2-4-19(15-17)31(25,26)24-9-11-27-12-10-24/h2-8,15H,9-14H2,1H3. The van der Waals surface area contributed by atoms with Crippen molar-refractivity contribution in [2.45, 2.75) is 17.0 Å². The fraction of sp³-hybridized carbons (Fsp3) is 0.333. The number of hydrogen-bond acceptors (Lipinski definition) is 8. The molecule has 0 radical (unpaired) electrons. The van der Waals surface area contributed by atoms with E-state index >= 15 is 0 Å². The van der Waals surface area contributed by atoms with Crippen molar-refractivity contribution < 1.29 is 22.3 Å². The van der Waals surface area contributed by atoms with E-state index in [1.165, 1.54) is 21.6 Å². The van der Waals surface area contributed by atoms with E-state index in [0.717, 1.165) is 5.75 Å². The molecule has 31 heavy (non-hydrogen) atoms. The average Bonchev–Trinajstić information content (AvgIpc) is 3.28. The van der Waals surface area contributed by atoms with Crippen molar-refractivity contribution >= 4 is 21.8 Å². The minimum Gasteiger partial charge on any atom is -0.493 e. The third-order valence-electron chi connectivity index (χ3n) is 4.69. The Kier molecular flexibility index (Phi) is 6.91. The largest absolute Gasteiger partial charge is 0.493 e. The van der Waals surface area contributed by atoms with Gasteiger partial charge in [0, 0.05) is 24.4 Å². The Morgan fingerprint density at radius 1 is 1.10 bits per heavy atom. The van der Waals surface area contributed by atoms with Crippen molar-refractivity contribution in [2.75, 3.05) is 38.7 Å². The molecule has 0 N–H and O–H groups in total. The maximum atomic E-state index is 12.9. The summed E-state index contributed by atoms with van der Waals surface area (Å²) in [5.74, 6) is 1.73. The molecule has 2 heterocycles. The van der Waals surface area contributed by atoms with Crippen LogP contribution in [0.15, 0.2) is 63.1 Å². The zero-order valence-corrected chi connectivity index (χ0v) is 18.7. The lowest BCUT2D eigenvalue weighted by Crippen LogP contribution is -2.40. The van der Waals surface area contributed by atoms with E-state index in [2.05, 4.69) is 10.2 Å². The maximum Gasteiger partial charge on any atom is 0.276 e. The van der Waals surface area contributed by atoms with Gasteiger partial charge in [-0.1, -0.05) is 35.5 Å². The lowest BCUT2D eigenvalue weighted by atomic mass is 10.2. The average molecular weight is 462 g/mol. The van der Waals surface area contributed by atoms with Gasteiger partial charge in [0.1, 0.15) is 5.75 Å². The monoisotopic (exact) mass is 461 g/mol. The van der Waals surface area contributed by atoms with E-state index in [1.807, 2.05) is 31.2 Å². The lowest BCUT2D eigenvalue weighted by Gasteiger charge is -2.26. The van der Waals surface area contributed by atoms with Crippen LogP contribution >= 0.6 is 11.8 Å². The number of aromatic nitrogens is 2. The fourth-order valence-electron chi connectivity index (χ4n) is 3.03. The highest BCUT2D eigenvalue weighted by Gasteiger charge is 2.26. The second-order valence-electron chi connectivity index (χ2n) is 6.93. The normalized spacial score (nSPS) is 15.1. The van der Waals surface area contributed by atoms with Crippen LogP contribution in [-0.4, -0.2) is 61.6 Å². The molecule has 0 aliphatic carbocycles. The summed E-state index contributed by atoms with van der Waals surface area (Å²) in [5.41, 5.74) is 1.74. The molecule has 1 aliphatic heterocycles. The van der Waals surface area contributed by atoms with E-state index in [9.17, 15) is 8.42 Å². The van der Waals surface area contributed by atoms with E-state index in [0.29, 0.717) is 49.4 Å². The van der Waals surface area contributed by atoms with Crippen LogP contribution in [0.25, 0.3) is 11.5 Å². The molecular weight excluding hydrogens is 438 g/mol. The van der Waals surface area contributed by atoms with Crippen LogP contribution < -0.4 is 4.74 Å². The molecule has 0 atom stereocenters. The Morgan fingerprint density at radius 3 is 2.65 bits per heavy atom. The van der Waals surface area contributed by atoms with Gasteiger partial charge in [0.05, 0.1) is 24.7 Å². The molecule has 0 saturated carbocycles. The molecule has 0 unspecified atom stereocenters. The number of nitrogens with zero attached hydrogens (tertiary/aromatic N) is 3. The van der Waals surface area contributed by atoms with Gasteiger partial charge in [0.2, 0.25) is 15.9 Å². The molecule has 0 amide bonds. The van der Waals surface area contributed by atoms with Gasteiger partial charge >= 0.3 is 0 Å². The number of hydrogen-bond donors (Lipinski definition) is 0. The number of benzene rings is 2. The molecule has 4 rings (SSSR count). The highest BCUT2D eigenvalue weighted by atomic mass is 32.2. The Labute approximate surface area is 185 Å². The fourth-order valence-corrected chi connectivity index (χ4v) is 5.07. The predicted octanol–water partition coefficient (Wildman–Crippen LogP) is 3.24. The first kappa shape index (κ1) is 21.8. The summed E-state index contributed by atoms with van der Waals surface area (Å²) >= 11 is 1.39. The molecule has 1 fully saturated rings. The molecule has 0 spiro atoms. The number of aryl methyl sites for hydroxylation is 1. The summed E-state index contributed by atoms with van der Waals surface area (Å²) in [4.78, 5) is 0.200. The zero-order chi connectivity index (χ0) is 21.7. The van der Waals surface area contributed by atoms with E-state index in [1.54, 1.807) is 24.3 Å². The van der Waals surface area contributed by atoms with Crippen LogP contribution in [-0.2, 0) is 14.8 Å². The van der Waals surface area contributed by atoms with E-state index in [4.69, 9.17) is 13.9 Å². The summed E-state index contributed by atoms with van der Waals surface area (Å²) in [7, 11) is -3.59. The third-order valence-corrected chi connectivity index (χ3v) is 7.37. The Balaban J connectivity index is 1.37. The molecular formula is C21H23N3O5S2. The van der Waals surface area contributed by atoms with Crippen molar-refractivity contribution in [3.05, 3.63) is 54.1 Å². The van der Waals surface area contributed by atoms with Crippen LogP contribution in [0, 0.1) is 6.92 Å². The number of thioether (sulfide) groups is 1. The topological polar surface area (TPSA) is 94.8 Å². The minimum atomic E-state index is -3.59. The smallest absolute Gasteiger partial charge is 0.276 e. The van der Waals surface area contributed by atoms with Gasteiger partial charge in [0.15, 0.2) is 0 Å². The van der Waals surface area contributed by atoms with Crippen LogP contribution in [0.3, 0.4) is 0 Å². The summed E-state index contributed by atoms with van der Waals surface area (Å²) in [6.45, 7) is 4.02. The van der Waals surface area contributed by atoms with Crippen molar-refractivity contribution in [1.82, 2.24) is 14.5 Å². The number of rotatable bonds is 8. The summed E-state index contributed by atoms with van der Waals surface area (Å²) in [5, 5.41) is 8.51. The lowest BCUT2D eigenvalue weighted by molar-refractivity contribution is 0.0730. The van der Waals surface area contributed by atoms with E-state index < -0.39 is 10.0 Å². The predicted molar refractivity (Wildman–Crippen MR) is 117 cm³/mol. The van der Waals surface area contributed by atoms with Crippen molar-refractivity contribution in [1.29, 1.82) is 0 Å². The van der Waals surface area contributed by atoms with E-state index in [-0.39, 0.29) is 10.8 Å². The number of sulfonamides is 1. The molecule has 164 valence electrons.